The van der Waals surface area contributed by atoms with Crippen molar-refractivity contribution in [1.29, 1.82) is 0 Å². The molecule has 0 saturated heterocycles. The van der Waals surface area contributed by atoms with Gasteiger partial charge in [0.1, 0.15) is 0 Å². The predicted molar refractivity (Wildman–Crippen MR) is 74.0 cm³/mol. The zero-order valence-corrected chi connectivity index (χ0v) is 11.3. The first-order valence-electron chi connectivity index (χ1n) is 6.41. The molecule has 0 fully saturated rings. The van der Waals surface area contributed by atoms with Crippen molar-refractivity contribution in [3.8, 4) is 0 Å². The van der Waals surface area contributed by atoms with Crippen LogP contribution in [0.15, 0.2) is 24.4 Å². The second kappa shape index (κ2) is 6.45. The fourth-order valence-corrected chi connectivity index (χ4v) is 2.23. The number of rotatable bonds is 1. The molecule has 1 aliphatic heterocycles. The SMILES string of the molecule is CC.C\C=C/C1=c2\c(=C/C)ccn2CC(O)C1. The van der Waals surface area contributed by atoms with E-state index in [0.29, 0.717) is 6.54 Å². The second-order valence-electron chi connectivity index (χ2n) is 3.94. The molecular formula is C15H23NO. The molecule has 1 aromatic heterocycles. The standard InChI is InChI=1S/C13H17NO.C2H6/c1-3-5-11-8-12(15)9-14-7-6-10(4-2)13(11)14;1-2/h3-7,12,15H,8-9H2,1-2H3;1-2H3/b5-3-,10-4-;. The molecule has 1 N–H and O–H groups in total. The van der Waals surface area contributed by atoms with Gasteiger partial charge in [-0.1, -0.05) is 32.1 Å². The van der Waals surface area contributed by atoms with Crippen LogP contribution in [0.2, 0.25) is 0 Å². The fourth-order valence-electron chi connectivity index (χ4n) is 2.23. The monoisotopic (exact) mass is 233 g/mol. The molecule has 0 radical (unpaired) electrons. The average molecular weight is 233 g/mol. The van der Waals surface area contributed by atoms with Crippen LogP contribution in [-0.2, 0) is 6.54 Å². The van der Waals surface area contributed by atoms with E-state index in [0.717, 1.165) is 6.42 Å². The van der Waals surface area contributed by atoms with Gasteiger partial charge in [-0.2, -0.15) is 0 Å². The van der Waals surface area contributed by atoms with Crippen LogP contribution in [0.1, 0.15) is 34.1 Å². The lowest BCUT2D eigenvalue weighted by atomic mass is 10.0. The molecule has 0 bridgehead atoms. The van der Waals surface area contributed by atoms with Gasteiger partial charge in [-0.3, -0.25) is 0 Å². The highest BCUT2D eigenvalue weighted by Gasteiger charge is 2.15. The second-order valence-corrected chi connectivity index (χ2v) is 3.94. The first-order chi connectivity index (χ1) is 8.26. The van der Waals surface area contributed by atoms with Crippen LogP contribution in [0.5, 0.6) is 0 Å². The summed E-state index contributed by atoms with van der Waals surface area (Å²) >= 11 is 0. The zero-order chi connectivity index (χ0) is 12.8. The van der Waals surface area contributed by atoms with Gasteiger partial charge >= 0.3 is 0 Å². The summed E-state index contributed by atoms with van der Waals surface area (Å²) in [5.74, 6) is 0. The van der Waals surface area contributed by atoms with Gasteiger partial charge in [-0.05, 0) is 30.7 Å². The Labute approximate surface area is 104 Å². The third-order valence-electron chi connectivity index (χ3n) is 2.84. The highest BCUT2D eigenvalue weighted by molar-refractivity contribution is 5.57. The Morgan fingerprint density at radius 1 is 1.35 bits per heavy atom. The van der Waals surface area contributed by atoms with E-state index < -0.39 is 0 Å². The number of aliphatic hydroxyl groups is 1. The van der Waals surface area contributed by atoms with Gasteiger partial charge < -0.3 is 9.67 Å². The van der Waals surface area contributed by atoms with Gasteiger partial charge in [0, 0.05) is 19.2 Å². The molecule has 0 spiro atoms. The molecule has 0 amide bonds. The summed E-state index contributed by atoms with van der Waals surface area (Å²) in [6, 6.07) is 2.11. The molecule has 1 aromatic rings. The van der Waals surface area contributed by atoms with E-state index in [2.05, 4.69) is 35.9 Å². The summed E-state index contributed by atoms with van der Waals surface area (Å²) in [6.07, 6.45) is 8.81. The maximum absolute atomic E-state index is 9.75. The van der Waals surface area contributed by atoms with Crippen LogP contribution >= 0.6 is 0 Å². The number of hydrogen-bond donors (Lipinski definition) is 1. The van der Waals surface area contributed by atoms with Gasteiger partial charge in [-0.15, -0.1) is 0 Å². The zero-order valence-electron chi connectivity index (χ0n) is 11.3. The third kappa shape index (κ3) is 2.89. The Morgan fingerprint density at radius 2 is 2.06 bits per heavy atom. The molecular weight excluding hydrogens is 210 g/mol. The Balaban J connectivity index is 0.000000686. The van der Waals surface area contributed by atoms with Crippen LogP contribution < -0.4 is 10.6 Å². The Kier molecular flexibility index (Phi) is 5.23. The van der Waals surface area contributed by atoms with Crippen molar-refractivity contribution in [2.24, 2.45) is 0 Å². The summed E-state index contributed by atoms with van der Waals surface area (Å²) in [5.41, 5.74) is 1.23. The van der Waals surface area contributed by atoms with E-state index >= 15 is 0 Å². The Hall–Kier alpha value is -1.28. The molecule has 0 saturated carbocycles. The minimum absolute atomic E-state index is 0.249. The van der Waals surface area contributed by atoms with Gasteiger partial charge in [-0.25, -0.2) is 0 Å². The predicted octanol–water partition coefficient (Wildman–Crippen LogP) is 1.81. The lowest BCUT2D eigenvalue weighted by molar-refractivity contribution is 0.153. The summed E-state index contributed by atoms with van der Waals surface area (Å²) < 4.78 is 2.14. The molecule has 1 aliphatic rings. The summed E-state index contributed by atoms with van der Waals surface area (Å²) in [4.78, 5) is 0. The van der Waals surface area contributed by atoms with Crippen LogP contribution in [0.3, 0.4) is 0 Å². The highest BCUT2D eigenvalue weighted by atomic mass is 16.3. The molecule has 2 nitrogen and oxygen atoms in total. The number of fused-ring (bicyclic) bond motifs is 1. The van der Waals surface area contributed by atoms with Crippen molar-refractivity contribution >= 4 is 11.6 Å². The van der Waals surface area contributed by atoms with E-state index in [4.69, 9.17) is 0 Å². The van der Waals surface area contributed by atoms with Crippen molar-refractivity contribution in [2.45, 2.75) is 46.8 Å². The molecule has 2 rings (SSSR count). The van der Waals surface area contributed by atoms with Crippen molar-refractivity contribution in [1.82, 2.24) is 4.57 Å². The quantitative estimate of drug-likeness (QED) is 0.786. The number of hydrogen-bond acceptors (Lipinski definition) is 1. The fraction of sp³-hybridized carbons (Fsp3) is 0.467. The normalized spacial score (nSPS) is 20.2. The first kappa shape index (κ1) is 13.8. The number of aromatic nitrogens is 1. The highest BCUT2D eigenvalue weighted by Crippen LogP contribution is 2.12. The average Bonchev–Trinajstić information content (AvgIpc) is 2.75. The number of aliphatic hydroxyl groups excluding tert-OH is 1. The molecule has 0 aromatic carbocycles. The molecule has 0 aliphatic carbocycles. The first-order valence-corrected chi connectivity index (χ1v) is 6.41. The van der Waals surface area contributed by atoms with E-state index in [9.17, 15) is 5.11 Å². The van der Waals surface area contributed by atoms with Gasteiger partial charge in [0.25, 0.3) is 0 Å². The summed E-state index contributed by atoms with van der Waals surface area (Å²) in [6.45, 7) is 8.77. The van der Waals surface area contributed by atoms with E-state index in [-0.39, 0.29) is 6.10 Å². The van der Waals surface area contributed by atoms with Crippen LogP contribution in [-0.4, -0.2) is 15.8 Å². The van der Waals surface area contributed by atoms with E-state index in [1.165, 1.54) is 16.1 Å². The minimum atomic E-state index is -0.249. The van der Waals surface area contributed by atoms with Crippen molar-refractivity contribution in [3.63, 3.8) is 0 Å². The van der Waals surface area contributed by atoms with Gasteiger partial charge in [0.15, 0.2) is 0 Å². The number of allylic oxidation sites excluding steroid dienone is 2. The van der Waals surface area contributed by atoms with Crippen LogP contribution in [0.4, 0.5) is 0 Å². The summed E-state index contributed by atoms with van der Waals surface area (Å²) in [7, 11) is 0. The Bertz CT molecular complexity index is 493. The van der Waals surface area contributed by atoms with Crippen LogP contribution in [0, 0.1) is 0 Å². The lowest BCUT2D eigenvalue weighted by Gasteiger charge is -2.19. The van der Waals surface area contributed by atoms with Crippen molar-refractivity contribution < 1.29 is 5.11 Å². The lowest BCUT2D eigenvalue weighted by Crippen LogP contribution is -2.38. The molecule has 1 unspecified atom stereocenters. The largest absolute Gasteiger partial charge is 0.391 e. The third-order valence-corrected chi connectivity index (χ3v) is 2.84. The maximum Gasteiger partial charge on any atom is 0.0760 e. The molecule has 17 heavy (non-hydrogen) atoms. The smallest absolute Gasteiger partial charge is 0.0760 e. The molecule has 2 heteroatoms. The number of nitrogens with zero attached hydrogens (tertiary/aromatic N) is 1. The molecule has 2 heterocycles. The van der Waals surface area contributed by atoms with E-state index in [1.54, 1.807) is 0 Å². The molecule has 1 atom stereocenters. The van der Waals surface area contributed by atoms with Gasteiger partial charge in [0.2, 0.25) is 0 Å². The Morgan fingerprint density at radius 3 is 2.65 bits per heavy atom. The van der Waals surface area contributed by atoms with Crippen LogP contribution in [0.25, 0.3) is 11.6 Å². The topological polar surface area (TPSA) is 25.2 Å². The summed E-state index contributed by atoms with van der Waals surface area (Å²) in [5, 5.41) is 12.3. The van der Waals surface area contributed by atoms with Crippen molar-refractivity contribution in [2.75, 3.05) is 0 Å². The van der Waals surface area contributed by atoms with Crippen molar-refractivity contribution in [3.05, 3.63) is 35.0 Å². The van der Waals surface area contributed by atoms with Gasteiger partial charge in [0.05, 0.1) is 11.5 Å². The van der Waals surface area contributed by atoms with E-state index in [1.807, 2.05) is 26.8 Å². The maximum atomic E-state index is 9.75. The molecule has 94 valence electrons. The minimum Gasteiger partial charge on any atom is -0.391 e.